The summed E-state index contributed by atoms with van der Waals surface area (Å²) in [5, 5.41) is 11.8. The van der Waals surface area contributed by atoms with Gasteiger partial charge in [0, 0.05) is 18.7 Å². The molecule has 26 heavy (non-hydrogen) atoms. The second kappa shape index (κ2) is 6.73. The first-order valence-corrected chi connectivity index (χ1v) is 9.01. The maximum atomic E-state index is 12.3. The lowest BCUT2D eigenvalue weighted by Crippen LogP contribution is -2.15. The standard InChI is InChI=1S/C16H13N5O3S2/c22-13(17-9-3-4-11-10(8-9)18-16(23)24-11)5-6-21-14(19-20-15(21)25)12-2-1-7-26-12/h1-4,7-8H,5-6H2,(H,17,22)(H,18,23)(H,20,25). The monoisotopic (exact) mass is 387 g/mol. The van der Waals surface area contributed by atoms with E-state index < -0.39 is 5.76 Å². The summed E-state index contributed by atoms with van der Waals surface area (Å²) >= 11 is 6.81. The Morgan fingerprint density at radius 2 is 2.27 bits per heavy atom. The Morgan fingerprint density at radius 1 is 1.38 bits per heavy atom. The van der Waals surface area contributed by atoms with Crippen LogP contribution in [0, 0.1) is 4.77 Å². The van der Waals surface area contributed by atoms with Gasteiger partial charge in [0.15, 0.2) is 16.2 Å². The lowest BCUT2D eigenvalue weighted by atomic mass is 10.2. The first kappa shape index (κ1) is 16.5. The Labute approximate surface area is 155 Å². The Kier molecular flexibility index (Phi) is 4.27. The predicted molar refractivity (Wildman–Crippen MR) is 101 cm³/mol. The highest BCUT2D eigenvalue weighted by Gasteiger charge is 2.12. The van der Waals surface area contributed by atoms with E-state index in [2.05, 4.69) is 20.5 Å². The zero-order valence-corrected chi connectivity index (χ0v) is 14.9. The number of oxazole rings is 1. The van der Waals surface area contributed by atoms with E-state index in [0.29, 0.717) is 28.1 Å². The van der Waals surface area contributed by atoms with Crippen molar-refractivity contribution in [2.24, 2.45) is 0 Å². The summed E-state index contributed by atoms with van der Waals surface area (Å²) in [6.45, 7) is 0.402. The van der Waals surface area contributed by atoms with Gasteiger partial charge >= 0.3 is 5.76 Å². The van der Waals surface area contributed by atoms with Crippen LogP contribution in [0.2, 0.25) is 0 Å². The average Bonchev–Trinajstić information content (AvgIpc) is 3.32. The van der Waals surface area contributed by atoms with Crippen molar-refractivity contribution >= 4 is 46.2 Å². The van der Waals surface area contributed by atoms with E-state index in [4.69, 9.17) is 16.6 Å². The number of rotatable bonds is 5. The molecule has 0 saturated carbocycles. The van der Waals surface area contributed by atoms with Crippen molar-refractivity contribution in [3.63, 3.8) is 0 Å². The number of nitrogens with zero attached hydrogens (tertiary/aromatic N) is 2. The van der Waals surface area contributed by atoms with Crippen molar-refractivity contribution in [3.05, 3.63) is 51.0 Å². The van der Waals surface area contributed by atoms with Gasteiger partial charge in [0.2, 0.25) is 5.91 Å². The van der Waals surface area contributed by atoms with Gasteiger partial charge < -0.3 is 9.73 Å². The lowest BCUT2D eigenvalue weighted by molar-refractivity contribution is -0.116. The molecule has 4 rings (SSSR count). The SMILES string of the molecule is O=C(CCn1c(-c2cccs2)n[nH]c1=S)Nc1ccc2oc(=O)[nH]c2c1. The van der Waals surface area contributed by atoms with Crippen LogP contribution in [0.3, 0.4) is 0 Å². The van der Waals surface area contributed by atoms with E-state index in [9.17, 15) is 9.59 Å². The fourth-order valence-electron chi connectivity index (χ4n) is 2.59. The van der Waals surface area contributed by atoms with Crippen LogP contribution < -0.4 is 11.1 Å². The van der Waals surface area contributed by atoms with E-state index in [1.165, 1.54) is 0 Å². The molecular weight excluding hydrogens is 374 g/mol. The number of nitrogens with one attached hydrogen (secondary N) is 3. The molecule has 1 aromatic carbocycles. The zero-order valence-electron chi connectivity index (χ0n) is 13.3. The third-order valence-corrected chi connectivity index (χ3v) is 4.94. The van der Waals surface area contributed by atoms with Gasteiger partial charge in [0.25, 0.3) is 0 Å². The number of hydrogen-bond acceptors (Lipinski definition) is 6. The maximum absolute atomic E-state index is 12.3. The van der Waals surface area contributed by atoms with Crippen molar-refractivity contribution in [1.82, 2.24) is 19.7 Å². The molecule has 3 aromatic heterocycles. The number of thiophene rings is 1. The van der Waals surface area contributed by atoms with Gasteiger partial charge in [-0.1, -0.05) is 6.07 Å². The molecule has 0 aliphatic rings. The number of hydrogen-bond donors (Lipinski definition) is 3. The highest BCUT2D eigenvalue weighted by molar-refractivity contribution is 7.71. The molecule has 132 valence electrons. The quantitative estimate of drug-likeness (QED) is 0.456. The van der Waals surface area contributed by atoms with Crippen molar-refractivity contribution < 1.29 is 9.21 Å². The van der Waals surface area contributed by atoms with Crippen LogP contribution in [0.1, 0.15) is 6.42 Å². The van der Waals surface area contributed by atoms with Crippen molar-refractivity contribution in [2.45, 2.75) is 13.0 Å². The first-order valence-electron chi connectivity index (χ1n) is 7.72. The molecule has 0 unspecified atom stereocenters. The number of fused-ring (bicyclic) bond motifs is 1. The fourth-order valence-corrected chi connectivity index (χ4v) is 3.53. The highest BCUT2D eigenvalue weighted by Crippen LogP contribution is 2.23. The minimum atomic E-state index is -0.529. The molecule has 0 atom stereocenters. The zero-order chi connectivity index (χ0) is 18.1. The van der Waals surface area contributed by atoms with E-state index in [-0.39, 0.29) is 12.3 Å². The molecule has 3 heterocycles. The van der Waals surface area contributed by atoms with Crippen LogP contribution in [-0.4, -0.2) is 25.7 Å². The Balaban J connectivity index is 1.46. The summed E-state index contributed by atoms with van der Waals surface area (Å²) in [6.07, 6.45) is 0.228. The second-order valence-corrected chi connectivity index (χ2v) is 6.84. The number of carbonyl (C=O) groups excluding carboxylic acids is 1. The van der Waals surface area contributed by atoms with Gasteiger partial charge in [-0.15, -0.1) is 11.3 Å². The molecule has 0 aliphatic heterocycles. The summed E-state index contributed by atoms with van der Waals surface area (Å²) in [7, 11) is 0. The number of H-pyrrole nitrogens is 2. The predicted octanol–water partition coefficient (Wildman–Crippen LogP) is 3.13. The van der Waals surface area contributed by atoms with Crippen molar-refractivity contribution in [1.29, 1.82) is 0 Å². The minimum Gasteiger partial charge on any atom is -0.408 e. The normalized spacial score (nSPS) is 11.1. The van der Waals surface area contributed by atoms with Gasteiger partial charge in [-0.3, -0.25) is 19.4 Å². The Morgan fingerprint density at radius 3 is 3.08 bits per heavy atom. The molecule has 1 amide bonds. The summed E-state index contributed by atoms with van der Waals surface area (Å²) in [5.41, 5.74) is 1.55. The molecule has 0 bridgehead atoms. The summed E-state index contributed by atoms with van der Waals surface area (Å²) in [5.74, 6) is 0.0181. The van der Waals surface area contributed by atoms with Crippen LogP contribution in [0.15, 0.2) is 44.9 Å². The summed E-state index contributed by atoms with van der Waals surface area (Å²) in [6, 6.07) is 8.85. The van der Waals surface area contributed by atoms with Gasteiger partial charge in [-0.2, -0.15) is 5.10 Å². The molecule has 8 nitrogen and oxygen atoms in total. The summed E-state index contributed by atoms with van der Waals surface area (Å²) in [4.78, 5) is 27.0. The molecule has 3 N–H and O–H groups in total. The average molecular weight is 387 g/mol. The van der Waals surface area contributed by atoms with Crippen LogP contribution >= 0.6 is 23.6 Å². The number of carbonyl (C=O) groups is 1. The van der Waals surface area contributed by atoms with Crippen LogP contribution in [0.25, 0.3) is 21.8 Å². The number of anilines is 1. The third-order valence-electron chi connectivity index (χ3n) is 3.77. The molecule has 0 spiro atoms. The second-order valence-electron chi connectivity index (χ2n) is 5.50. The number of aromatic amines is 2. The first-order chi connectivity index (χ1) is 12.6. The number of aromatic nitrogens is 4. The number of benzene rings is 1. The molecular formula is C16H13N5O3S2. The molecule has 0 radical (unpaired) electrons. The fraction of sp³-hybridized carbons (Fsp3) is 0.125. The number of amides is 1. The third kappa shape index (κ3) is 3.24. The smallest absolute Gasteiger partial charge is 0.408 e. The highest BCUT2D eigenvalue weighted by atomic mass is 32.1. The van der Waals surface area contributed by atoms with Crippen molar-refractivity contribution in [3.8, 4) is 10.7 Å². The van der Waals surface area contributed by atoms with E-state index >= 15 is 0 Å². The molecule has 0 fully saturated rings. The van der Waals surface area contributed by atoms with Gasteiger partial charge in [-0.25, -0.2) is 4.79 Å². The molecule has 4 aromatic rings. The van der Waals surface area contributed by atoms with Gasteiger partial charge in [0.05, 0.1) is 10.4 Å². The van der Waals surface area contributed by atoms with E-state index in [1.54, 1.807) is 34.1 Å². The van der Waals surface area contributed by atoms with Crippen molar-refractivity contribution in [2.75, 3.05) is 5.32 Å². The Bertz CT molecular complexity index is 1180. The van der Waals surface area contributed by atoms with Gasteiger partial charge in [-0.05, 0) is 41.9 Å². The van der Waals surface area contributed by atoms with Crippen LogP contribution in [0.4, 0.5) is 5.69 Å². The largest absolute Gasteiger partial charge is 0.417 e. The molecule has 0 aliphatic carbocycles. The lowest BCUT2D eigenvalue weighted by Gasteiger charge is -2.07. The Hall–Kier alpha value is -2.98. The van der Waals surface area contributed by atoms with Crippen LogP contribution in [-0.2, 0) is 11.3 Å². The summed E-state index contributed by atoms with van der Waals surface area (Å²) < 4.78 is 7.21. The van der Waals surface area contributed by atoms with E-state index in [0.717, 1.165) is 10.7 Å². The molecule has 0 saturated heterocycles. The minimum absolute atomic E-state index is 0.171. The van der Waals surface area contributed by atoms with E-state index in [1.807, 2.05) is 17.5 Å². The topological polar surface area (TPSA) is 109 Å². The van der Waals surface area contributed by atoms with Crippen LogP contribution in [0.5, 0.6) is 0 Å². The molecule has 10 heteroatoms. The maximum Gasteiger partial charge on any atom is 0.417 e. The van der Waals surface area contributed by atoms with Gasteiger partial charge in [0.1, 0.15) is 0 Å².